The summed E-state index contributed by atoms with van der Waals surface area (Å²) in [7, 11) is 0. The summed E-state index contributed by atoms with van der Waals surface area (Å²) in [5, 5.41) is 11.8. The molecule has 1 saturated carbocycles. The lowest BCUT2D eigenvalue weighted by Crippen LogP contribution is -2.43. The monoisotopic (exact) mass is 504 g/mol. The van der Waals surface area contributed by atoms with Crippen LogP contribution in [0.3, 0.4) is 0 Å². The van der Waals surface area contributed by atoms with Crippen molar-refractivity contribution in [3.05, 3.63) is 77.2 Å². The number of ketones is 1. The van der Waals surface area contributed by atoms with E-state index in [1.54, 1.807) is 24.4 Å². The van der Waals surface area contributed by atoms with Crippen LogP contribution >= 0.6 is 0 Å². The van der Waals surface area contributed by atoms with Crippen LogP contribution in [0.2, 0.25) is 0 Å². The Labute approximate surface area is 216 Å². The Balaban J connectivity index is 1.50. The van der Waals surface area contributed by atoms with Crippen LogP contribution in [-0.4, -0.2) is 51.2 Å². The van der Waals surface area contributed by atoms with Crippen molar-refractivity contribution in [3.63, 3.8) is 0 Å². The SMILES string of the molecule is CC(C)(C)OC(=O)n1cc(/C=C2/CN(C(C(=O)C3CC3)c3ccccc3F)CCC2O)c2ccccc21. The summed E-state index contributed by atoms with van der Waals surface area (Å²) >= 11 is 0. The Morgan fingerprint density at radius 3 is 2.49 bits per heavy atom. The van der Waals surface area contributed by atoms with Crippen molar-refractivity contribution in [1.82, 2.24) is 9.47 Å². The number of rotatable bonds is 5. The van der Waals surface area contributed by atoms with E-state index in [0.717, 1.165) is 29.4 Å². The van der Waals surface area contributed by atoms with E-state index in [4.69, 9.17) is 4.74 Å². The van der Waals surface area contributed by atoms with Crippen molar-refractivity contribution in [2.24, 2.45) is 5.92 Å². The fourth-order valence-electron chi connectivity index (χ4n) is 5.06. The highest BCUT2D eigenvalue weighted by Gasteiger charge is 2.41. The second-order valence-electron chi connectivity index (χ2n) is 11.0. The largest absolute Gasteiger partial charge is 0.443 e. The molecule has 0 spiro atoms. The van der Waals surface area contributed by atoms with Gasteiger partial charge in [-0.2, -0.15) is 0 Å². The molecule has 2 aromatic carbocycles. The number of para-hydroxylation sites is 1. The molecule has 1 aromatic heterocycles. The molecule has 2 unspecified atom stereocenters. The van der Waals surface area contributed by atoms with Gasteiger partial charge in [0.05, 0.1) is 17.7 Å². The lowest BCUT2D eigenvalue weighted by molar-refractivity contribution is -0.126. The summed E-state index contributed by atoms with van der Waals surface area (Å²) in [6.45, 7) is 6.27. The van der Waals surface area contributed by atoms with Gasteiger partial charge in [-0.15, -0.1) is 0 Å². The Kier molecular flexibility index (Phi) is 6.77. The first-order valence-corrected chi connectivity index (χ1v) is 12.9. The van der Waals surface area contributed by atoms with Gasteiger partial charge in [0.15, 0.2) is 5.78 Å². The molecule has 0 amide bonds. The first-order chi connectivity index (χ1) is 17.6. The Bertz CT molecular complexity index is 1370. The van der Waals surface area contributed by atoms with Crippen LogP contribution in [0.25, 0.3) is 17.0 Å². The minimum Gasteiger partial charge on any atom is -0.443 e. The molecule has 7 heteroatoms. The smallest absolute Gasteiger partial charge is 0.419 e. The van der Waals surface area contributed by atoms with E-state index in [2.05, 4.69) is 0 Å². The molecule has 37 heavy (non-hydrogen) atoms. The summed E-state index contributed by atoms with van der Waals surface area (Å²) in [4.78, 5) is 28.2. The predicted octanol–water partition coefficient (Wildman–Crippen LogP) is 5.73. The number of Topliss-reactive ketones (excluding diaryl/α,β-unsaturated/α-hetero) is 1. The molecule has 0 radical (unpaired) electrons. The maximum Gasteiger partial charge on any atom is 0.419 e. The molecule has 2 heterocycles. The quantitative estimate of drug-likeness (QED) is 0.480. The van der Waals surface area contributed by atoms with Crippen LogP contribution in [0, 0.1) is 11.7 Å². The summed E-state index contributed by atoms with van der Waals surface area (Å²) < 4.78 is 21.9. The summed E-state index contributed by atoms with van der Waals surface area (Å²) in [5.41, 5.74) is 1.95. The normalized spacial score (nSPS) is 20.8. The standard InChI is InChI=1S/C30H33FN2O4/c1-30(2,3)37-29(36)33-18-20(22-8-5-7-11-25(22)33)16-21-17-32(15-14-26(21)34)27(28(35)19-12-13-19)23-9-4-6-10-24(23)31/h4-11,16,18-19,26-27,34H,12-15,17H2,1-3H3/b21-16-. The third kappa shape index (κ3) is 5.38. The van der Waals surface area contributed by atoms with Crippen molar-refractivity contribution in [2.45, 2.75) is 57.8 Å². The van der Waals surface area contributed by atoms with Gasteiger partial charge < -0.3 is 9.84 Å². The zero-order valence-electron chi connectivity index (χ0n) is 21.5. The van der Waals surface area contributed by atoms with Crippen molar-refractivity contribution in [2.75, 3.05) is 13.1 Å². The molecule has 1 N–H and O–H groups in total. The molecule has 1 aliphatic heterocycles. The average molecular weight is 505 g/mol. The van der Waals surface area contributed by atoms with Crippen LogP contribution in [0.15, 0.2) is 60.3 Å². The van der Waals surface area contributed by atoms with E-state index < -0.39 is 29.7 Å². The number of fused-ring (bicyclic) bond motifs is 1. The van der Waals surface area contributed by atoms with Gasteiger partial charge >= 0.3 is 6.09 Å². The minimum atomic E-state index is -0.697. The van der Waals surface area contributed by atoms with Crippen LogP contribution in [0.5, 0.6) is 0 Å². The second-order valence-corrected chi connectivity index (χ2v) is 11.0. The van der Waals surface area contributed by atoms with Gasteiger partial charge in [-0.3, -0.25) is 14.3 Å². The summed E-state index contributed by atoms with van der Waals surface area (Å²) in [5.74, 6) is -0.378. The fourth-order valence-corrected chi connectivity index (χ4v) is 5.06. The molecular formula is C30H33FN2O4. The highest BCUT2D eigenvalue weighted by atomic mass is 19.1. The average Bonchev–Trinajstić information content (AvgIpc) is 3.63. The molecule has 1 aliphatic carbocycles. The Hall–Kier alpha value is -3.29. The van der Waals surface area contributed by atoms with Crippen molar-refractivity contribution in [1.29, 1.82) is 0 Å². The van der Waals surface area contributed by atoms with Crippen molar-refractivity contribution >= 4 is 28.9 Å². The Morgan fingerprint density at radius 1 is 1.08 bits per heavy atom. The topological polar surface area (TPSA) is 71.8 Å². The first-order valence-electron chi connectivity index (χ1n) is 12.9. The van der Waals surface area contributed by atoms with Crippen LogP contribution in [0.1, 0.15) is 57.2 Å². The van der Waals surface area contributed by atoms with E-state index >= 15 is 0 Å². The number of piperidine rings is 1. The van der Waals surface area contributed by atoms with E-state index in [1.807, 2.05) is 56.0 Å². The highest BCUT2D eigenvalue weighted by Crippen LogP contribution is 2.39. The van der Waals surface area contributed by atoms with Gasteiger partial charge in [-0.1, -0.05) is 36.4 Å². The molecule has 2 aliphatic rings. The van der Waals surface area contributed by atoms with Gasteiger partial charge in [0.1, 0.15) is 11.4 Å². The summed E-state index contributed by atoms with van der Waals surface area (Å²) in [6.07, 6.45) is 4.55. The summed E-state index contributed by atoms with van der Waals surface area (Å²) in [6, 6.07) is 13.3. The number of carbonyl (C=O) groups is 2. The predicted molar refractivity (Wildman–Crippen MR) is 141 cm³/mol. The minimum absolute atomic E-state index is 0.0318. The number of nitrogens with zero attached hydrogens (tertiary/aromatic N) is 2. The highest BCUT2D eigenvalue weighted by molar-refractivity contribution is 5.96. The number of likely N-dealkylation sites (tertiary alicyclic amines) is 1. The van der Waals surface area contributed by atoms with Crippen molar-refractivity contribution < 1.29 is 23.8 Å². The molecule has 2 atom stereocenters. The fraction of sp³-hybridized carbons (Fsp3) is 0.400. The lowest BCUT2D eigenvalue weighted by Gasteiger charge is -2.37. The van der Waals surface area contributed by atoms with Gasteiger partial charge in [-0.05, 0) is 63.8 Å². The van der Waals surface area contributed by atoms with E-state index in [-0.39, 0.29) is 11.7 Å². The maximum atomic E-state index is 14.8. The molecule has 2 fully saturated rings. The lowest BCUT2D eigenvalue weighted by atomic mass is 9.92. The van der Waals surface area contributed by atoms with E-state index in [0.29, 0.717) is 30.6 Å². The number of hydrogen-bond donors (Lipinski definition) is 1. The number of aliphatic hydroxyl groups excluding tert-OH is 1. The second kappa shape index (κ2) is 9.88. The van der Waals surface area contributed by atoms with Crippen LogP contribution < -0.4 is 0 Å². The number of ether oxygens (including phenoxy) is 1. The van der Waals surface area contributed by atoms with Gasteiger partial charge in [-0.25, -0.2) is 9.18 Å². The number of aromatic nitrogens is 1. The zero-order valence-corrected chi connectivity index (χ0v) is 21.5. The molecule has 0 bridgehead atoms. The van der Waals surface area contributed by atoms with Gasteiger partial charge in [0.25, 0.3) is 0 Å². The van der Waals surface area contributed by atoms with E-state index in [9.17, 15) is 19.1 Å². The van der Waals surface area contributed by atoms with Crippen molar-refractivity contribution in [3.8, 4) is 0 Å². The molecule has 1 saturated heterocycles. The third-order valence-electron chi connectivity index (χ3n) is 6.99. The maximum absolute atomic E-state index is 14.8. The third-order valence-corrected chi connectivity index (χ3v) is 6.99. The van der Waals surface area contributed by atoms with Crippen LogP contribution in [-0.2, 0) is 9.53 Å². The number of benzene rings is 2. The number of hydrogen-bond acceptors (Lipinski definition) is 5. The molecule has 194 valence electrons. The molecule has 6 nitrogen and oxygen atoms in total. The first kappa shape index (κ1) is 25.4. The number of halogens is 1. The molecule has 3 aromatic rings. The van der Waals surface area contributed by atoms with Gasteiger partial charge in [0, 0.05) is 41.7 Å². The zero-order chi connectivity index (χ0) is 26.3. The number of aliphatic hydroxyl groups is 1. The number of carbonyl (C=O) groups excluding carboxylic acids is 2. The Morgan fingerprint density at radius 2 is 1.78 bits per heavy atom. The van der Waals surface area contributed by atoms with Crippen LogP contribution in [0.4, 0.5) is 9.18 Å². The molecule has 5 rings (SSSR count). The van der Waals surface area contributed by atoms with E-state index in [1.165, 1.54) is 10.6 Å². The molecular weight excluding hydrogens is 471 g/mol. The van der Waals surface area contributed by atoms with Gasteiger partial charge in [0.2, 0.25) is 0 Å².